The van der Waals surface area contributed by atoms with Crippen molar-refractivity contribution in [2.45, 2.75) is 13.3 Å². The number of aryl methyl sites for hydroxylation is 1. The minimum atomic E-state index is 0.438. The highest BCUT2D eigenvalue weighted by Gasteiger charge is 1.99. The van der Waals surface area contributed by atoms with Crippen molar-refractivity contribution in [1.29, 1.82) is 0 Å². The van der Waals surface area contributed by atoms with Crippen molar-refractivity contribution < 1.29 is 0 Å². The number of benzene rings is 1. The molecule has 0 amide bonds. The maximum atomic E-state index is 5.62. The van der Waals surface area contributed by atoms with Gasteiger partial charge in [-0.25, -0.2) is 0 Å². The zero-order valence-corrected chi connectivity index (χ0v) is 8.56. The van der Waals surface area contributed by atoms with Gasteiger partial charge in [-0.1, -0.05) is 18.2 Å². The number of alkyl halides is 1. The third-order valence-electron chi connectivity index (χ3n) is 1.89. The summed E-state index contributed by atoms with van der Waals surface area (Å²) in [6, 6.07) is 6.74. The SMILES string of the molecule is C=CCc1ccc(C)cc1NCCl. The van der Waals surface area contributed by atoms with E-state index in [0.29, 0.717) is 6.00 Å². The maximum absolute atomic E-state index is 5.62. The Labute approximate surface area is 84.4 Å². The molecule has 0 saturated carbocycles. The van der Waals surface area contributed by atoms with E-state index in [0.717, 1.165) is 12.1 Å². The molecule has 0 aliphatic carbocycles. The predicted octanol–water partition coefficient (Wildman–Crippen LogP) is 3.33. The van der Waals surface area contributed by atoms with Crippen LogP contribution < -0.4 is 5.32 Å². The van der Waals surface area contributed by atoms with Gasteiger partial charge in [-0.3, -0.25) is 0 Å². The first-order valence-electron chi connectivity index (χ1n) is 4.28. The van der Waals surface area contributed by atoms with Gasteiger partial charge in [0.1, 0.15) is 0 Å². The minimum Gasteiger partial charge on any atom is -0.371 e. The first-order valence-corrected chi connectivity index (χ1v) is 4.81. The molecule has 0 aliphatic rings. The van der Waals surface area contributed by atoms with Crippen molar-refractivity contribution in [3.8, 4) is 0 Å². The Balaban J connectivity index is 2.95. The second kappa shape index (κ2) is 4.93. The summed E-state index contributed by atoms with van der Waals surface area (Å²) >= 11 is 5.62. The van der Waals surface area contributed by atoms with Crippen LogP contribution in [-0.4, -0.2) is 6.00 Å². The van der Waals surface area contributed by atoms with Gasteiger partial charge in [0.2, 0.25) is 0 Å². The molecule has 1 nitrogen and oxygen atoms in total. The van der Waals surface area contributed by atoms with E-state index < -0.39 is 0 Å². The zero-order chi connectivity index (χ0) is 9.68. The van der Waals surface area contributed by atoms with Gasteiger partial charge in [-0.05, 0) is 30.5 Å². The molecule has 0 aliphatic heterocycles. The van der Waals surface area contributed by atoms with Gasteiger partial charge < -0.3 is 5.32 Å². The van der Waals surface area contributed by atoms with Gasteiger partial charge >= 0.3 is 0 Å². The van der Waals surface area contributed by atoms with Crippen LogP contribution in [0.15, 0.2) is 30.9 Å². The second-order valence-corrected chi connectivity index (χ2v) is 3.23. The number of hydrogen-bond donors (Lipinski definition) is 1. The molecule has 0 bridgehead atoms. The average Bonchev–Trinajstić information content (AvgIpc) is 2.10. The zero-order valence-electron chi connectivity index (χ0n) is 7.81. The monoisotopic (exact) mass is 195 g/mol. The highest BCUT2D eigenvalue weighted by molar-refractivity contribution is 6.18. The van der Waals surface area contributed by atoms with Crippen LogP contribution in [0, 0.1) is 6.92 Å². The number of anilines is 1. The third-order valence-corrected chi connectivity index (χ3v) is 2.02. The first kappa shape index (κ1) is 10.1. The molecule has 0 fully saturated rings. The van der Waals surface area contributed by atoms with Crippen LogP contribution in [-0.2, 0) is 6.42 Å². The molecule has 2 heteroatoms. The van der Waals surface area contributed by atoms with Crippen LogP contribution in [0.1, 0.15) is 11.1 Å². The highest BCUT2D eigenvalue weighted by atomic mass is 35.5. The summed E-state index contributed by atoms with van der Waals surface area (Å²) in [7, 11) is 0. The molecule has 0 radical (unpaired) electrons. The van der Waals surface area contributed by atoms with Gasteiger partial charge in [0.15, 0.2) is 0 Å². The van der Waals surface area contributed by atoms with E-state index in [2.05, 4.69) is 37.0 Å². The van der Waals surface area contributed by atoms with Crippen molar-refractivity contribution in [2.24, 2.45) is 0 Å². The molecule has 0 atom stereocenters. The van der Waals surface area contributed by atoms with Gasteiger partial charge in [0.05, 0.1) is 6.00 Å². The quantitative estimate of drug-likeness (QED) is 0.442. The highest BCUT2D eigenvalue weighted by Crippen LogP contribution is 2.18. The Hall–Kier alpha value is -0.950. The van der Waals surface area contributed by atoms with Gasteiger partial charge in [0, 0.05) is 5.69 Å². The lowest BCUT2D eigenvalue weighted by Crippen LogP contribution is -1.99. The van der Waals surface area contributed by atoms with E-state index in [9.17, 15) is 0 Å². The summed E-state index contributed by atoms with van der Waals surface area (Å²) in [4.78, 5) is 0. The van der Waals surface area contributed by atoms with Crippen molar-refractivity contribution >= 4 is 17.3 Å². The molecule has 1 aromatic carbocycles. The number of hydrogen-bond acceptors (Lipinski definition) is 1. The number of halogens is 1. The molecule has 0 unspecified atom stereocenters. The minimum absolute atomic E-state index is 0.438. The Kier molecular flexibility index (Phi) is 3.84. The molecule has 1 N–H and O–H groups in total. The smallest absolute Gasteiger partial charge is 0.0901 e. The summed E-state index contributed by atoms with van der Waals surface area (Å²) in [5.41, 5.74) is 3.58. The molecule has 13 heavy (non-hydrogen) atoms. The molecule has 0 saturated heterocycles. The fourth-order valence-electron chi connectivity index (χ4n) is 1.26. The van der Waals surface area contributed by atoms with Crippen molar-refractivity contribution in [1.82, 2.24) is 0 Å². The van der Waals surface area contributed by atoms with Crippen molar-refractivity contribution in [3.63, 3.8) is 0 Å². The third kappa shape index (κ3) is 2.78. The van der Waals surface area contributed by atoms with Crippen molar-refractivity contribution in [2.75, 3.05) is 11.3 Å². The van der Waals surface area contributed by atoms with E-state index in [4.69, 9.17) is 11.6 Å². The lowest BCUT2D eigenvalue weighted by Gasteiger charge is -2.09. The number of rotatable bonds is 4. The molecule has 0 heterocycles. The van der Waals surface area contributed by atoms with Crippen molar-refractivity contribution in [3.05, 3.63) is 42.0 Å². The van der Waals surface area contributed by atoms with E-state index in [-0.39, 0.29) is 0 Å². The van der Waals surface area contributed by atoms with E-state index in [1.807, 2.05) is 6.08 Å². The largest absolute Gasteiger partial charge is 0.371 e. The normalized spacial score (nSPS) is 9.69. The fraction of sp³-hybridized carbons (Fsp3) is 0.273. The number of nitrogens with one attached hydrogen (secondary N) is 1. The van der Waals surface area contributed by atoms with Gasteiger partial charge in [0.25, 0.3) is 0 Å². The number of allylic oxidation sites excluding steroid dienone is 1. The first-order chi connectivity index (χ1) is 6.27. The van der Waals surface area contributed by atoms with Crippen LogP contribution in [0.25, 0.3) is 0 Å². The molecule has 0 spiro atoms. The van der Waals surface area contributed by atoms with Crippen LogP contribution in [0.3, 0.4) is 0 Å². The molecule has 1 rings (SSSR count). The Morgan fingerprint density at radius 1 is 1.54 bits per heavy atom. The van der Waals surface area contributed by atoms with Crippen LogP contribution in [0.4, 0.5) is 5.69 Å². The average molecular weight is 196 g/mol. The Bertz CT molecular complexity index is 294. The topological polar surface area (TPSA) is 12.0 Å². The van der Waals surface area contributed by atoms with Gasteiger partial charge in [-0.2, -0.15) is 0 Å². The summed E-state index contributed by atoms with van der Waals surface area (Å²) < 4.78 is 0. The van der Waals surface area contributed by atoms with E-state index in [1.54, 1.807) is 0 Å². The second-order valence-electron chi connectivity index (χ2n) is 2.96. The Morgan fingerprint density at radius 3 is 2.92 bits per heavy atom. The molecule has 70 valence electrons. The standard InChI is InChI=1S/C11H14ClN/c1-3-4-10-6-5-9(2)7-11(10)13-8-12/h3,5-7,13H,1,4,8H2,2H3. The predicted molar refractivity (Wildman–Crippen MR) is 59.4 cm³/mol. The molecule has 1 aromatic rings. The Morgan fingerprint density at radius 2 is 2.31 bits per heavy atom. The summed E-state index contributed by atoms with van der Waals surface area (Å²) in [5.74, 6) is 0. The lowest BCUT2D eigenvalue weighted by atomic mass is 10.1. The summed E-state index contributed by atoms with van der Waals surface area (Å²) in [6.07, 6.45) is 2.77. The fourth-order valence-corrected chi connectivity index (χ4v) is 1.40. The van der Waals surface area contributed by atoms with Crippen LogP contribution >= 0.6 is 11.6 Å². The summed E-state index contributed by atoms with van der Waals surface area (Å²) in [5, 5.41) is 3.12. The molecule has 0 aromatic heterocycles. The van der Waals surface area contributed by atoms with Gasteiger partial charge in [-0.15, -0.1) is 18.2 Å². The van der Waals surface area contributed by atoms with E-state index in [1.165, 1.54) is 11.1 Å². The van der Waals surface area contributed by atoms with Crippen LogP contribution in [0.2, 0.25) is 0 Å². The lowest BCUT2D eigenvalue weighted by molar-refractivity contribution is 1.24. The van der Waals surface area contributed by atoms with Crippen LogP contribution in [0.5, 0.6) is 0 Å². The maximum Gasteiger partial charge on any atom is 0.0901 e. The van der Waals surface area contributed by atoms with E-state index >= 15 is 0 Å². The summed E-state index contributed by atoms with van der Waals surface area (Å²) in [6.45, 7) is 5.79. The molecular formula is C11H14ClN. The molecular weight excluding hydrogens is 182 g/mol.